The summed E-state index contributed by atoms with van der Waals surface area (Å²) in [6, 6.07) is 10.5. The summed E-state index contributed by atoms with van der Waals surface area (Å²) in [5, 5.41) is 2.00. The first kappa shape index (κ1) is 15.6. The SMILES string of the molecule is Nc1c[c]cc(C(=O)NC(=O)c2cccc(C(F)(F)F)c2)c1. The van der Waals surface area contributed by atoms with Crippen LogP contribution in [-0.2, 0) is 6.18 Å². The molecule has 1 radical (unpaired) electrons. The number of nitrogen functional groups attached to an aromatic ring is 1. The van der Waals surface area contributed by atoms with Gasteiger partial charge in [0.1, 0.15) is 0 Å². The molecular weight excluding hydrogens is 297 g/mol. The molecule has 0 fully saturated rings. The Morgan fingerprint density at radius 2 is 1.73 bits per heavy atom. The van der Waals surface area contributed by atoms with Crippen molar-refractivity contribution in [2.24, 2.45) is 0 Å². The molecule has 0 aliphatic rings. The van der Waals surface area contributed by atoms with E-state index in [1.54, 1.807) is 0 Å². The lowest BCUT2D eigenvalue weighted by molar-refractivity contribution is -0.137. The van der Waals surface area contributed by atoms with Gasteiger partial charge in [-0.05, 0) is 42.5 Å². The van der Waals surface area contributed by atoms with E-state index in [2.05, 4.69) is 6.07 Å². The van der Waals surface area contributed by atoms with Gasteiger partial charge in [-0.25, -0.2) is 0 Å². The van der Waals surface area contributed by atoms with Gasteiger partial charge >= 0.3 is 6.18 Å². The molecule has 0 aliphatic carbocycles. The fourth-order valence-corrected chi connectivity index (χ4v) is 1.71. The second-order valence-corrected chi connectivity index (χ2v) is 4.42. The first-order valence-corrected chi connectivity index (χ1v) is 6.07. The number of hydrogen-bond acceptors (Lipinski definition) is 3. The van der Waals surface area contributed by atoms with Gasteiger partial charge in [-0.2, -0.15) is 13.2 Å². The Morgan fingerprint density at radius 3 is 2.36 bits per heavy atom. The zero-order valence-corrected chi connectivity index (χ0v) is 11.1. The van der Waals surface area contributed by atoms with Crippen molar-refractivity contribution in [3.8, 4) is 0 Å². The van der Waals surface area contributed by atoms with Crippen molar-refractivity contribution in [1.82, 2.24) is 5.32 Å². The van der Waals surface area contributed by atoms with E-state index in [-0.39, 0.29) is 16.8 Å². The van der Waals surface area contributed by atoms with Crippen LogP contribution < -0.4 is 11.1 Å². The largest absolute Gasteiger partial charge is 0.416 e. The molecule has 0 unspecified atom stereocenters. The average molecular weight is 307 g/mol. The molecule has 113 valence electrons. The van der Waals surface area contributed by atoms with Gasteiger partial charge in [0.2, 0.25) is 0 Å². The van der Waals surface area contributed by atoms with Gasteiger partial charge in [0.25, 0.3) is 11.8 Å². The van der Waals surface area contributed by atoms with E-state index < -0.39 is 23.6 Å². The van der Waals surface area contributed by atoms with E-state index >= 15 is 0 Å². The van der Waals surface area contributed by atoms with Gasteiger partial charge in [0, 0.05) is 16.8 Å². The molecule has 0 bridgehead atoms. The first-order valence-electron chi connectivity index (χ1n) is 6.07. The number of halogens is 3. The lowest BCUT2D eigenvalue weighted by Crippen LogP contribution is -2.30. The number of nitrogens with two attached hydrogens (primary N) is 1. The predicted molar refractivity (Wildman–Crippen MR) is 72.9 cm³/mol. The van der Waals surface area contributed by atoms with Crippen molar-refractivity contribution in [3.05, 3.63) is 65.2 Å². The Bertz CT molecular complexity index is 727. The summed E-state index contributed by atoms with van der Waals surface area (Å²) in [7, 11) is 0. The van der Waals surface area contributed by atoms with Crippen molar-refractivity contribution in [2.75, 3.05) is 5.73 Å². The highest BCUT2D eigenvalue weighted by molar-refractivity contribution is 6.10. The summed E-state index contributed by atoms with van der Waals surface area (Å²) in [6.07, 6.45) is -4.57. The molecule has 0 aliphatic heterocycles. The summed E-state index contributed by atoms with van der Waals surface area (Å²) in [6.45, 7) is 0. The zero-order chi connectivity index (χ0) is 16.3. The van der Waals surface area contributed by atoms with Crippen LogP contribution in [0.3, 0.4) is 0 Å². The molecule has 2 rings (SSSR count). The summed E-state index contributed by atoms with van der Waals surface area (Å²) < 4.78 is 37.8. The van der Waals surface area contributed by atoms with Gasteiger partial charge in [-0.15, -0.1) is 0 Å². The van der Waals surface area contributed by atoms with Gasteiger partial charge < -0.3 is 5.73 Å². The maximum absolute atomic E-state index is 12.6. The van der Waals surface area contributed by atoms with Gasteiger partial charge in [-0.3, -0.25) is 14.9 Å². The molecule has 2 aromatic carbocycles. The number of nitrogens with one attached hydrogen (secondary N) is 1. The molecule has 0 heterocycles. The topological polar surface area (TPSA) is 72.2 Å². The Labute approximate surface area is 123 Å². The van der Waals surface area contributed by atoms with Crippen molar-refractivity contribution in [1.29, 1.82) is 0 Å². The molecule has 4 nitrogen and oxygen atoms in total. The van der Waals surface area contributed by atoms with E-state index in [0.29, 0.717) is 6.07 Å². The number of imide groups is 1. The van der Waals surface area contributed by atoms with Gasteiger partial charge in [0.15, 0.2) is 0 Å². The number of hydrogen-bond donors (Lipinski definition) is 2. The van der Waals surface area contributed by atoms with Crippen LogP contribution in [0, 0.1) is 6.07 Å². The third-order valence-electron chi connectivity index (χ3n) is 2.75. The minimum Gasteiger partial charge on any atom is -0.399 e. The van der Waals surface area contributed by atoms with Crippen molar-refractivity contribution < 1.29 is 22.8 Å². The number of benzene rings is 2. The molecule has 0 atom stereocenters. The highest BCUT2D eigenvalue weighted by Gasteiger charge is 2.31. The standard InChI is InChI=1S/C15H10F3N2O2/c16-15(17,18)11-5-1-3-9(7-11)13(21)20-14(22)10-4-2-6-12(19)8-10/h1,3-8H,19H2,(H,20,21,22). The minimum absolute atomic E-state index is 0.0836. The van der Waals surface area contributed by atoms with Crippen LogP contribution in [-0.4, -0.2) is 11.8 Å². The Hall–Kier alpha value is -2.83. The highest BCUT2D eigenvalue weighted by Crippen LogP contribution is 2.29. The van der Waals surface area contributed by atoms with Crippen LogP contribution >= 0.6 is 0 Å². The van der Waals surface area contributed by atoms with Crippen LogP contribution in [0.25, 0.3) is 0 Å². The van der Waals surface area contributed by atoms with Crippen LogP contribution in [0.15, 0.2) is 42.5 Å². The van der Waals surface area contributed by atoms with Crippen LogP contribution in [0.5, 0.6) is 0 Å². The number of anilines is 1. The van der Waals surface area contributed by atoms with Crippen LogP contribution in [0.1, 0.15) is 26.3 Å². The van der Waals surface area contributed by atoms with E-state index in [9.17, 15) is 22.8 Å². The molecule has 2 aromatic rings. The molecule has 22 heavy (non-hydrogen) atoms. The lowest BCUT2D eigenvalue weighted by atomic mass is 10.1. The zero-order valence-electron chi connectivity index (χ0n) is 11.1. The minimum atomic E-state index is -4.57. The van der Waals surface area contributed by atoms with Crippen molar-refractivity contribution in [3.63, 3.8) is 0 Å². The number of rotatable bonds is 2. The number of carbonyl (C=O) groups is 2. The second kappa shape index (κ2) is 5.88. The van der Waals surface area contributed by atoms with Crippen molar-refractivity contribution >= 4 is 17.5 Å². The quantitative estimate of drug-likeness (QED) is 0.662. The van der Waals surface area contributed by atoms with Gasteiger partial charge in [0.05, 0.1) is 5.56 Å². The molecule has 0 saturated carbocycles. The molecule has 2 amide bonds. The maximum Gasteiger partial charge on any atom is 0.416 e. The maximum atomic E-state index is 12.6. The van der Waals surface area contributed by atoms with E-state index in [4.69, 9.17) is 5.73 Å². The van der Waals surface area contributed by atoms with E-state index in [1.165, 1.54) is 24.3 Å². The van der Waals surface area contributed by atoms with E-state index in [1.807, 2.05) is 5.32 Å². The smallest absolute Gasteiger partial charge is 0.399 e. The Balaban J connectivity index is 2.17. The first-order chi connectivity index (χ1) is 10.3. The van der Waals surface area contributed by atoms with Gasteiger partial charge in [-0.1, -0.05) is 6.07 Å². The third-order valence-corrected chi connectivity index (χ3v) is 2.75. The average Bonchev–Trinajstić information content (AvgIpc) is 2.46. The molecule has 7 heteroatoms. The summed E-state index contributed by atoms with van der Waals surface area (Å²) in [4.78, 5) is 23.7. The second-order valence-electron chi connectivity index (χ2n) is 4.42. The summed E-state index contributed by atoms with van der Waals surface area (Å²) >= 11 is 0. The number of amides is 2. The van der Waals surface area contributed by atoms with Crippen molar-refractivity contribution in [2.45, 2.75) is 6.18 Å². The fraction of sp³-hybridized carbons (Fsp3) is 0.0667. The molecule has 0 spiro atoms. The fourth-order valence-electron chi connectivity index (χ4n) is 1.71. The lowest BCUT2D eigenvalue weighted by Gasteiger charge is -2.09. The monoisotopic (exact) mass is 307 g/mol. The predicted octanol–water partition coefficient (Wildman–Crippen LogP) is 2.66. The molecular formula is C15H10F3N2O2. The molecule has 0 aromatic heterocycles. The molecule has 3 N–H and O–H groups in total. The number of alkyl halides is 3. The Morgan fingerprint density at radius 1 is 1.05 bits per heavy atom. The van der Waals surface area contributed by atoms with Crippen LogP contribution in [0.2, 0.25) is 0 Å². The van der Waals surface area contributed by atoms with Crippen LogP contribution in [0.4, 0.5) is 18.9 Å². The summed E-state index contributed by atoms with van der Waals surface area (Å²) in [5.41, 5.74) is 4.61. The molecule has 0 saturated heterocycles. The normalized spacial score (nSPS) is 11.0. The summed E-state index contributed by atoms with van der Waals surface area (Å²) in [5.74, 6) is -1.70. The number of carbonyl (C=O) groups excluding carboxylic acids is 2. The highest BCUT2D eigenvalue weighted by atomic mass is 19.4. The van der Waals surface area contributed by atoms with E-state index in [0.717, 1.165) is 12.1 Å². The third kappa shape index (κ3) is 3.63. The Kier molecular flexibility index (Phi) is 4.16.